The Bertz CT molecular complexity index is 1800. The van der Waals surface area contributed by atoms with Gasteiger partial charge in [-0.25, -0.2) is 9.37 Å². The fourth-order valence-corrected chi connectivity index (χ4v) is 4.50. The number of aromatic nitrogens is 6. The van der Waals surface area contributed by atoms with E-state index in [4.69, 9.17) is 14.6 Å². The smallest absolute Gasteiger partial charge is 0.335 e. The third-order valence-electron chi connectivity index (χ3n) is 6.18. The zero-order valence-electron chi connectivity index (χ0n) is 22.5. The number of nitrogens with one attached hydrogen (secondary N) is 3. The van der Waals surface area contributed by atoms with Gasteiger partial charge in [0.15, 0.2) is 5.82 Å². The maximum Gasteiger partial charge on any atom is 0.373 e. The predicted octanol–water partition coefficient (Wildman–Crippen LogP) is 5.84. The molecule has 6 aromatic rings. The second kappa shape index (κ2) is 12.7. The van der Waals surface area contributed by atoms with E-state index in [0.29, 0.717) is 23.6 Å². The molecule has 0 aliphatic heterocycles. The molecule has 0 fully saturated rings. The number of aromatic amines is 2. The van der Waals surface area contributed by atoms with Gasteiger partial charge in [-0.1, -0.05) is 19.9 Å². The number of benzene rings is 2. The third kappa shape index (κ3) is 5.68. The zero-order chi connectivity index (χ0) is 28.6. The average Bonchev–Trinajstić information content (AvgIpc) is 3.58. The molecule has 0 aliphatic rings. The lowest BCUT2D eigenvalue weighted by Crippen LogP contribution is -2.05. The molecule has 0 unspecified atom stereocenters. The van der Waals surface area contributed by atoms with Crippen molar-refractivity contribution >= 4 is 28.1 Å². The first-order valence-electron chi connectivity index (χ1n) is 12.7. The van der Waals surface area contributed by atoms with Gasteiger partial charge in [0, 0.05) is 41.6 Å². The van der Waals surface area contributed by atoms with Crippen molar-refractivity contribution in [2.24, 2.45) is 0 Å². The number of carbonyl (C=O) groups excluding carboxylic acids is 2. The van der Waals surface area contributed by atoms with Crippen LogP contribution in [-0.4, -0.2) is 43.3 Å². The van der Waals surface area contributed by atoms with Gasteiger partial charge in [-0.05, 0) is 72.6 Å². The summed E-state index contributed by atoms with van der Waals surface area (Å²) in [5.74, 6) is 0.324. The first-order chi connectivity index (χ1) is 19.5. The van der Waals surface area contributed by atoms with Crippen LogP contribution in [0.4, 0.5) is 4.39 Å². The lowest BCUT2D eigenvalue weighted by atomic mass is 10.0. The molecule has 0 saturated heterocycles. The zero-order valence-corrected chi connectivity index (χ0v) is 22.5. The summed E-state index contributed by atoms with van der Waals surface area (Å²) in [5.41, 5.74) is 8.71. The number of fused-ring (bicyclic) bond motifs is 2. The summed E-state index contributed by atoms with van der Waals surface area (Å²) in [4.78, 5) is 33.1. The topological polar surface area (TPSA) is 129 Å². The lowest BCUT2D eigenvalue weighted by molar-refractivity contribution is -0.191. The van der Waals surface area contributed by atoms with E-state index in [2.05, 4.69) is 49.5 Å². The van der Waals surface area contributed by atoms with Gasteiger partial charge in [0.1, 0.15) is 11.5 Å². The average molecular weight is 538 g/mol. The molecular formula is C30H28FN7O2. The Kier molecular flexibility index (Phi) is 8.86. The standard InChI is InChI=1S/C27H22FN7.C2H6.CO2/c1-15-5-6-30-12-21(15)17-3-4-23-20(10-17)26(35-34-23)27-32-24-14-31-13-22(25(24)33-27)18-7-16(11-29-2)8-19(28)9-18;1-2;2-1-3/h3-10,12-14,29H,11H2,1-2H3,(H,32,33)(H,34,35);1-2H3;. The van der Waals surface area contributed by atoms with Gasteiger partial charge in [-0.3, -0.25) is 15.1 Å². The number of aryl methyl sites for hydroxylation is 1. The highest BCUT2D eigenvalue weighted by molar-refractivity contribution is 5.98. The Labute approximate surface area is 229 Å². The van der Waals surface area contributed by atoms with E-state index in [1.807, 2.05) is 45.3 Å². The monoisotopic (exact) mass is 537 g/mol. The largest absolute Gasteiger partial charge is 0.373 e. The SMILES string of the molecule is CC.CNCc1cc(F)cc(-c2cncc3[nH]c(-c4n[nH]c5ccc(-c6cnccc6C)cc45)nc23)c1.O=C=O. The van der Waals surface area contributed by atoms with Crippen LogP contribution in [0.25, 0.3) is 55.7 Å². The maximum atomic E-state index is 14.4. The molecule has 4 aromatic heterocycles. The highest BCUT2D eigenvalue weighted by Gasteiger charge is 2.17. The minimum atomic E-state index is -0.294. The van der Waals surface area contributed by atoms with Crippen LogP contribution in [-0.2, 0) is 16.1 Å². The van der Waals surface area contributed by atoms with Crippen molar-refractivity contribution in [1.82, 2.24) is 35.5 Å². The fraction of sp³-hybridized carbons (Fsp3) is 0.167. The van der Waals surface area contributed by atoms with Crippen molar-refractivity contribution in [3.63, 3.8) is 0 Å². The van der Waals surface area contributed by atoms with Gasteiger partial charge in [-0.2, -0.15) is 14.7 Å². The first-order valence-corrected chi connectivity index (χ1v) is 12.7. The molecule has 10 heteroatoms. The summed E-state index contributed by atoms with van der Waals surface area (Å²) in [6.45, 7) is 6.64. The predicted molar refractivity (Wildman–Crippen MR) is 151 cm³/mol. The summed E-state index contributed by atoms with van der Waals surface area (Å²) in [7, 11) is 1.84. The summed E-state index contributed by atoms with van der Waals surface area (Å²) in [6, 6.07) is 13.2. The summed E-state index contributed by atoms with van der Waals surface area (Å²) < 4.78 is 14.4. The molecule has 0 saturated carbocycles. The summed E-state index contributed by atoms with van der Waals surface area (Å²) in [5, 5.41) is 11.7. The molecule has 0 amide bonds. The summed E-state index contributed by atoms with van der Waals surface area (Å²) >= 11 is 0. The number of pyridine rings is 2. The number of imidazole rings is 1. The maximum absolute atomic E-state index is 14.4. The minimum absolute atomic E-state index is 0.250. The second-order valence-corrected chi connectivity index (χ2v) is 8.65. The molecule has 0 radical (unpaired) electrons. The van der Waals surface area contributed by atoms with Crippen LogP contribution in [0.5, 0.6) is 0 Å². The normalized spacial score (nSPS) is 10.4. The van der Waals surface area contributed by atoms with Gasteiger partial charge in [-0.15, -0.1) is 0 Å². The van der Waals surface area contributed by atoms with E-state index in [1.165, 1.54) is 12.1 Å². The summed E-state index contributed by atoms with van der Waals surface area (Å²) in [6.07, 6.45) is 7.36. The number of rotatable bonds is 5. The molecule has 0 aliphatic carbocycles. The number of H-pyrrole nitrogens is 2. The number of hydrogen-bond donors (Lipinski definition) is 3. The Balaban J connectivity index is 0.000000695. The van der Waals surface area contributed by atoms with Crippen molar-refractivity contribution in [2.75, 3.05) is 7.05 Å². The van der Waals surface area contributed by atoms with Crippen LogP contribution in [0.3, 0.4) is 0 Å². The van der Waals surface area contributed by atoms with E-state index in [9.17, 15) is 4.39 Å². The molecule has 9 nitrogen and oxygen atoms in total. The number of hydrogen-bond acceptors (Lipinski definition) is 7. The molecule has 6 rings (SSSR count). The molecular weight excluding hydrogens is 509 g/mol. The van der Waals surface area contributed by atoms with E-state index < -0.39 is 0 Å². The van der Waals surface area contributed by atoms with E-state index in [-0.39, 0.29) is 12.0 Å². The molecule has 4 heterocycles. The van der Waals surface area contributed by atoms with Crippen molar-refractivity contribution in [3.05, 3.63) is 84.2 Å². The fourth-order valence-electron chi connectivity index (χ4n) is 4.50. The Morgan fingerprint density at radius 2 is 1.70 bits per heavy atom. The Hall–Kier alpha value is -5.05. The molecule has 0 bridgehead atoms. The minimum Gasteiger partial charge on any atom is -0.335 e. The second-order valence-electron chi connectivity index (χ2n) is 8.65. The van der Waals surface area contributed by atoms with E-state index in [0.717, 1.165) is 49.8 Å². The van der Waals surface area contributed by atoms with Crippen LogP contribution in [0, 0.1) is 12.7 Å². The van der Waals surface area contributed by atoms with Crippen molar-refractivity contribution in [1.29, 1.82) is 0 Å². The molecule has 0 atom stereocenters. The van der Waals surface area contributed by atoms with E-state index >= 15 is 0 Å². The Morgan fingerprint density at radius 3 is 2.45 bits per heavy atom. The number of halogens is 1. The molecule has 0 spiro atoms. The molecule has 3 N–H and O–H groups in total. The Morgan fingerprint density at radius 1 is 0.925 bits per heavy atom. The van der Waals surface area contributed by atoms with Crippen LogP contribution in [0.1, 0.15) is 25.0 Å². The highest BCUT2D eigenvalue weighted by Crippen LogP contribution is 2.33. The van der Waals surface area contributed by atoms with Gasteiger partial charge < -0.3 is 10.3 Å². The quantitative estimate of drug-likeness (QED) is 0.252. The van der Waals surface area contributed by atoms with Gasteiger partial charge in [0.05, 0.1) is 22.7 Å². The van der Waals surface area contributed by atoms with Crippen LogP contribution in [0.2, 0.25) is 0 Å². The van der Waals surface area contributed by atoms with Crippen LogP contribution < -0.4 is 5.32 Å². The van der Waals surface area contributed by atoms with Crippen LogP contribution in [0.15, 0.2) is 67.3 Å². The molecule has 40 heavy (non-hydrogen) atoms. The van der Waals surface area contributed by atoms with Crippen molar-refractivity contribution in [3.8, 4) is 33.8 Å². The van der Waals surface area contributed by atoms with Crippen molar-refractivity contribution < 1.29 is 14.0 Å². The van der Waals surface area contributed by atoms with Gasteiger partial charge in [0.25, 0.3) is 0 Å². The van der Waals surface area contributed by atoms with Crippen molar-refractivity contribution in [2.45, 2.75) is 27.3 Å². The highest BCUT2D eigenvalue weighted by atomic mass is 19.1. The van der Waals surface area contributed by atoms with E-state index in [1.54, 1.807) is 18.6 Å². The van der Waals surface area contributed by atoms with Gasteiger partial charge >= 0.3 is 6.15 Å². The first kappa shape index (κ1) is 28.0. The lowest BCUT2D eigenvalue weighted by Gasteiger charge is -2.06. The molecule has 202 valence electrons. The number of nitrogens with zero attached hydrogens (tertiary/aromatic N) is 4. The van der Waals surface area contributed by atoms with Crippen LogP contribution >= 0.6 is 0 Å². The third-order valence-corrected chi connectivity index (χ3v) is 6.18. The molecule has 2 aromatic carbocycles. The van der Waals surface area contributed by atoms with Gasteiger partial charge in [0.2, 0.25) is 0 Å².